The van der Waals surface area contributed by atoms with Crippen LogP contribution in [0.1, 0.15) is 44.9 Å². The molecule has 1 saturated carbocycles. The summed E-state index contributed by atoms with van der Waals surface area (Å²) >= 11 is 0. The summed E-state index contributed by atoms with van der Waals surface area (Å²) in [5.74, 6) is -1.33. The maximum absolute atomic E-state index is 12.4. The second-order valence-corrected chi connectivity index (χ2v) is 6.89. The molecule has 8 heteroatoms. The smallest absolute Gasteiger partial charge is 0.464 e. The van der Waals surface area contributed by atoms with E-state index in [1.807, 2.05) is 4.90 Å². The Kier molecular flexibility index (Phi) is 7.53. The zero-order chi connectivity index (χ0) is 18.3. The van der Waals surface area contributed by atoms with Crippen LogP contribution in [0.15, 0.2) is 0 Å². The molecule has 0 aromatic carbocycles. The summed E-state index contributed by atoms with van der Waals surface area (Å²) in [6, 6.07) is 0. The number of alkyl halides is 3. The lowest BCUT2D eigenvalue weighted by atomic mass is 9.86. The number of esters is 1. The molecular weight excluding hydrogens is 337 g/mol. The zero-order valence-corrected chi connectivity index (χ0v) is 14.5. The fraction of sp³-hybridized carbons (Fsp3) is 0.882. The summed E-state index contributed by atoms with van der Waals surface area (Å²) in [5, 5.41) is 0. The van der Waals surface area contributed by atoms with E-state index in [0.29, 0.717) is 32.0 Å². The van der Waals surface area contributed by atoms with Crippen LogP contribution in [-0.4, -0.2) is 67.2 Å². The van der Waals surface area contributed by atoms with E-state index < -0.39 is 12.1 Å². The van der Waals surface area contributed by atoms with Crippen LogP contribution in [0.4, 0.5) is 13.2 Å². The van der Waals surface area contributed by atoms with Gasteiger partial charge in [0.15, 0.2) is 0 Å². The van der Waals surface area contributed by atoms with E-state index in [1.54, 1.807) is 0 Å². The number of hydrogen-bond donors (Lipinski definition) is 0. The molecule has 25 heavy (non-hydrogen) atoms. The molecular formula is C17H27F3N2O3. The van der Waals surface area contributed by atoms with E-state index in [9.17, 15) is 22.8 Å². The summed E-state index contributed by atoms with van der Waals surface area (Å²) in [6.45, 7) is 1.56. The molecule has 2 aliphatic rings. The van der Waals surface area contributed by atoms with Crippen molar-refractivity contribution in [3.8, 4) is 0 Å². The number of hydrogen-bond acceptors (Lipinski definition) is 4. The van der Waals surface area contributed by atoms with Gasteiger partial charge in [-0.1, -0.05) is 32.1 Å². The highest BCUT2D eigenvalue weighted by Crippen LogP contribution is 2.27. The zero-order valence-electron chi connectivity index (χ0n) is 14.5. The van der Waals surface area contributed by atoms with Crippen molar-refractivity contribution >= 4 is 11.9 Å². The van der Waals surface area contributed by atoms with E-state index in [-0.39, 0.29) is 25.7 Å². The van der Waals surface area contributed by atoms with Crippen molar-refractivity contribution in [1.29, 1.82) is 0 Å². The van der Waals surface area contributed by atoms with Crippen LogP contribution in [0.2, 0.25) is 0 Å². The molecule has 0 bridgehead atoms. The van der Waals surface area contributed by atoms with Crippen LogP contribution in [0, 0.1) is 5.92 Å². The van der Waals surface area contributed by atoms with Gasteiger partial charge in [0.05, 0.1) is 0 Å². The first-order valence-corrected chi connectivity index (χ1v) is 9.10. The van der Waals surface area contributed by atoms with Crippen LogP contribution >= 0.6 is 0 Å². The highest BCUT2D eigenvalue weighted by atomic mass is 19.4. The fourth-order valence-electron chi connectivity index (χ4n) is 3.51. The Balaban J connectivity index is 1.55. The van der Waals surface area contributed by atoms with Gasteiger partial charge in [0.25, 0.3) is 0 Å². The molecule has 0 radical (unpaired) electrons. The molecule has 2 fully saturated rings. The van der Waals surface area contributed by atoms with Crippen LogP contribution in [0.25, 0.3) is 0 Å². The minimum atomic E-state index is -4.81. The van der Waals surface area contributed by atoms with Crippen molar-refractivity contribution in [3.63, 3.8) is 0 Å². The topological polar surface area (TPSA) is 49.9 Å². The summed E-state index contributed by atoms with van der Waals surface area (Å²) in [7, 11) is 0. The van der Waals surface area contributed by atoms with Gasteiger partial charge in [-0.3, -0.25) is 14.5 Å². The first-order chi connectivity index (χ1) is 11.9. The molecule has 0 spiro atoms. The third kappa shape index (κ3) is 6.84. The third-order valence-corrected chi connectivity index (χ3v) is 5.05. The van der Waals surface area contributed by atoms with Gasteiger partial charge in [0, 0.05) is 39.1 Å². The van der Waals surface area contributed by atoms with Gasteiger partial charge in [-0.15, -0.1) is 0 Å². The van der Waals surface area contributed by atoms with E-state index >= 15 is 0 Å². The minimum Gasteiger partial charge on any atom is -0.464 e. The van der Waals surface area contributed by atoms with E-state index in [4.69, 9.17) is 4.74 Å². The first-order valence-electron chi connectivity index (χ1n) is 9.10. The number of ether oxygens (including phenoxy) is 1. The standard InChI is InChI=1S/C17H27F3N2O3/c18-17(19,20)16(24)22-10-8-21(9-11-22)12-13-25-15(23)7-6-14-4-2-1-3-5-14/h14H,1-13H2. The van der Waals surface area contributed by atoms with Gasteiger partial charge >= 0.3 is 18.1 Å². The minimum absolute atomic E-state index is 0.0496. The van der Waals surface area contributed by atoms with Crippen molar-refractivity contribution in [2.75, 3.05) is 39.3 Å². The normalized spacial score (nSPS) is 20.5. The van der Waals surface area contributed by atoms with Crippen LogP contribution < -0.4 is 0 Å². The molecule has 0 N–H and O–H groups in total. The molecule has 144 valence electrons. The molecule has 2 rings (SSSR count). The molecule has 0 atom stereocenters. The lowest BCUT2D eigenvalue weighted by molar-refractivity contribution is -0.187. The van der Waals surface area contributed by atoms with Gasteiger partial charge in [0.2, 0.25) is 0 Å². The largest absolute Gasteiger partial charge is 0.471 e. The molecule has 0 aromatic heterocycles. The molecule has 5 nitrogen and oxygen atoms in total. The van der Waals surface area contributed by atoms with Crippen molar-refractivity contribution in [1.82, 2.24) is 9.80 Å². The van der Waals surface area contributed by atoms with Crippen LogP contribution in [0.5, 0.6) is 0 Å². The molecule has 1 aliphatic heterocycles. The van der Waals surface area contributed by atoms with Crippen molar-refractivity contribution in [2.45, 2.75) is 51.1 Å². The summed E-state index contributed by atoms with van der Waals surface area (Å²) in [6.07, 6.45) is 2.72. The van der Waals surface area contributed by atoms with Gasteiger partial charge in [0.1, 0.15) is 6.61 Å². The predicted molar refractivity (Wildman–Crippen MR) is 85.8 cm³/mol. The Labute approximate surface area is 146 Å². The Morgan fingerprint density at radius 1 is 1.00 bits per heavy atom. The molecule has 0 aromatic rings. The summed E-state index contributed by atoms with van der Waals surface area (Å²) in [5.41, 5.74) is 0. The second-order valence-electron chi connectivity index (χ2n) is 6.89. The molecule has 1 heterocycles. The monoisotopic (exact) mass is 364 g/mol. The quantitative estimate of drug-likeness (QED) is 0.680. The molecule has 0 unspecified atom stereocenters. The SMILES string of the molecule is O=C(CCC1CCCCC1)OCCN1CCN(C(=O)C(F)(F)F)CC1. The Bertz CT molecular complexity index is 443. The highest BCUT2D eigenvalue weighted by Gasteiger charge is 2.43. The average Bonchev–Trinajstić information content (AvgIpc) is 2.60. The second kappa shape index (κ2) is 9.40. The molecule has 1 aliphatic carbocycles. The van der Waals surface area contributed by atoms with Gasteiger partial charge in [-0.05, 0) is 12.3 Å². The number of piperazine rings is 1. The maximum Gasteiger partial charge on any atom is 0.471 e. The Morgan fingerprint density at radius 2 is 1.64 bits per heavy atom. The Hall–Kier alpha value is -1.31. The van der Waals surface area contributed by atoms with E-state index in [2.05, 4.69) is 0 Å². The van der Waals surface area contributed by atoms with Crippen molar-refractivity contribution < 1.29 is 27.5 Å². The number of halogens is 3. The molecule has 1 amide bonds. The maximum atomic E-state index is 12.4. The number of amides is 1. The fourth-order valence-corrected chi connectivity index (χ4v) is 3.51. The van der Waals surface area contributed by atoms with Gasteiger partial charge in [-0.25, -0.2) is 0 Å². The van der Waals surface area contributed by atoms with Gasteiger partial charge < -0.3 is 9.64 Å². The lowest BCUT2D eigenvalue weighted by Crippen LogP contribution is -2.52. The summed E-state index contributed by atoms with van der Waals surface area (Å²) < 4.78 is 42.3. The van der Waals surface area contributed by atoms with Crippen molar-refractivity contribution in [2.24, 2.45) is 5.92 Å². The number of carbonyl (C=O) groups excluding carboxylic acids is 2. The van der Waals surface area contributed by atoms with E-state index in [1.165, 1.54) is 32.1 Å². The number of rotatable bonds is 6. The third-order valence-electron chi connectivity index (χ3n) is 5.05. The molecule has 1 saturated heterocycles. The van der Waals surface area contributed by atoms with Gasteiger partial charge in [-0.2, -0.15) is 13.2 Å². The predicted octanol–water partition coefficient (Wildman–Crippen LogP) is 2.60. The van der Waals surface area contributed by atoms with E-state index in [0.717, 1.165) is 11.3 Å². The summed E-state index contributed by atoms with van der Waals surface area (Å²) in [4.78, 5) is 25.6. The van der Waals surface area contributed by atoms with Crippen LogP contribution in [0.3, 0.4) is 0 Å². The average molecular weight is 364 g/mol. The lowest BCUT2D eigenvalue weighted by Gasteiger charge is -2.34. The van der Waals surface area contributed by atoms with Crippen LogP contribution in [-0.2, 0) is 14.3 Å². The Morgan fingerprint density at radius 3 is 2.24 bits per heavy atom. The number of nitrogens with zero attached hydrogens (tertiary/aromatic N) is 2. The number of carbonyl (C=O) groups is 2. The highest BCUT2D eigenvalue weighted by molar-refractivity contribution is 5.81. The first kappa shape index (κ1) is 20.0. The van der Waals surface area contributed by atoms with Crippen molar-refractivity contribution in [3.05, 3.63) is 0 Å².